The molecule has 0 aliphatic carbocycles. The highest BCUT2D eigenvalue weighted by Crippen LogP contribution is 2.31. The Labute approximate surface area is 306 Å². The summed E-state index contributed by atoms with van der Waals surface area (Å²) in [5.41, 5.74) is 1.23. The summed E-state index contributed by atoms with van der Waals surface area (Å²) in [6, 6.07) is 6.97. The van der Waals surface area contributed by atoms with E-state index in [4.69, 9.17) is 42.1 Å². The molecule has 0 saturated carbocycles. The number of likely N-dealkylation sites (tertiary alicyclic amines) is 1. The molecule has 0 spiro atoms. The number of methoxy groups -OCH3 is 2. The fourth-order valence-corrected chi connectivity index (χ4v) is 5.59. The van der Waals surface area contributed by atoms with Crippen LogP contribution in [0.1, 0.15) is 52.0 Å². The predicted molar refractivity (Wildman–Crippen MR) is 196 cm³/mol. The smallest absolute Gasteiger partial charge is 0.224 e. The Balaban J connectivity index is 0.000000377. The Morgan fingerprint density at radius 3 is 1.88 bits per heavy atom. The molecule has 12 nitrogen and oxygen atoms in total. The van der Waals surface area contributed by atoms with E-state index in [0.717, 1.165) is 69.9 Å². The Hall–Kier alpha value is -2.74. The van der Waals surface area contributed by atoms with Crippen LogP contribution in [0.4, 0.5) is 11.6 Å². The van der Waals surface area contributed by atoms with Gasteiger partial charge in [-0.2, -0.15) is 9.97 Å². The van der Waals surface area contributed by atoms with Crippen LogP contribution in [-0.4, -0.2) is 90.0 Å². The van der Waals surface area contributed by atoms with Gasteiger partial charge in [-0.15, -0.1) is 24.8 Å². The molecule has 0 unspecified atom stereocenters. The molecular formula is C32H48Cl4N8O4. The lowest BCUT2D eigenvalue weighted by atomic mass is 10.0. The fourth-order valence-electron chi connectivity index (χ4n) is 5.32. The molecule has 0 radical (unpaired) electrons. The number of nitrogens with one attached hydrogen (secondary N) is 3. The Kier molecular flexibility index (Phi) is 18.4. The second-order valence-corrected chi connectivity index (χ2v) is 12.0. The summed E-state index contributed by atoms with van der Waals surface area (Å²) >= 11 is 11.7. The number of nitrogens with zero attached hydrogens (tertiary/aromatic N) is 5. The first-order valence-electron chi connectivity index (χ1n) is 15.8. The van der Waals surface area contributed by atoms with E-state index in [9.17, 15) is 0 Å². The minimum atomic E-state index is 0. The molecular weight excluding hydrogens is 702 g/mol. The SMILES string of the molecule is CCOc1cc(CN2CCC(Nc3nc(Cl)ncc3OC)CC2)ccc1OC(C)C.COc1cnc(Cl)nc1NC1CCNCC1.Cl.Cl. The summed E-state index contributed by atoms with van der Waals surface area (Å²) in [6.07, 6.45) is 7.46. The standard InChI is InChI=1S/C22H31ClN4O3.C10H15ClN4O.2ClH/c1-5-29-19-12-16(6-7-18(19)30-15(2)3)14-27-10-8-17(9-11-27)25-21-20(28-4)13-24-22(23)26-21;1-16-8-6-13-10(11)15-9(8)14-7-2-4-12-5-3-7;;/h6-7,12-13,15,17H,5,8-11,14H2,1-4H3,(H,24,25,26);6-7,12H,2-5H2,1H3,(H,13,14,15);2*1H. The van der Waals surface area contributed by atoms with Crippen LogP contribution in [-0.2, 0) is 6.54 Å². The maximum atomic E-state index is 5.93. The van der Waals surface area contributed by atoms with E-state index >= 15 is 0 Å². The number of rotatable bonds is 12. The van der Waals surface area contributed by atoms with Crippen LogP contribution < -0.4 is 34.9 Å². The molecule has 2 aromatic heterocycles. The number of hydrogen-bond donors (Lipinski definition) is 3. The number of anilines is 2. The van der Waals surface area contributed by atoms with Crippen molar-refractivity contribution in [2.75, 3.05) is 57.6 Å². The summed E-state index contributed by atoms with van der Waals surface area (Å²) in [7, 11) is 3.20. The van der Waals surface area contributed by atoms with Crippen molar-refractivity contribution in [1.29, 1.82) is 0 Å². The van der Waals surface area contributed by atoms with Crippen molar-refractivity contribution in [1.82, 2.24) is 30.2 Å². The Bertz CT molecular complexity index is 1380. The molecule has 0 atom stereocenters. The van der Waals surface area contributed by atoms with Crippen LogP contribution in [0.2, 0.25) is 10.6 Å². The fraction of sp³-hybridized carbons (Fsp3) is 0.562. The van der Waals surface area contributed by atoms with Gasteiger partial charge in [-0.05, 0) is 100 Å². The molecule has 2 aliphatic heterocycles. The van der Waals surface area contributed by atoms with Gasteiger partial charge in [0.2, 0.25) is 10.6 Å². The number of halogens is 4. The third-order valence-electron chi connectivity index (χ3n) is 7.58. The largest absolute Gasteiger partial charge is 0.491 e. The normalized spacial score (nSPS) is 15.2. The van der Waals surface area contributed by atoms with E-state index in [1.165, 1.54) is 5.56 Å². The average molecular weight is 751 g/mol. The maximum Gasteiger partial charge on any atom is 0.224 e. The molecule has 16 heteroatoms. The first kappa shape index (κ1) is 41.4. The predicted octanol–water partition coefficient (Wildman–Crippen LogP) is 6.55. The molecule has 3 N–H and O–H groups in total. The first-order chi connectivity index (χ1) is 22.3. The van der Waals surface area contributed by atoms with Gasteiger partial charge < -0.3 is 34.9 Å². The van der Waals surface area contributed by atoms with Crippen LogP contribution >= 0.6 is 48.0 Å². The summed E-state index contributed by atoms with van der Waals surface area (Å²) in [6.45, 7) is 11.6. The minimum Gasteiger partial charge on any atom is -0.491 e. The molecule has 2 aliphatic rings. The highest BCUT2D eigenvalue weighted by molar-refractivity contribution is 6.28. The van der Waals surface area contributed by atoms with Gasteiger partial charge in [0.05, 0.1) is 39.3 Å². The molecule has 5 rings (SSSR count). The number of aromatic nitrogens is 4. The summed E-state index contributed by atoms with van der Waals surface area (Å²) in [5.74, 6) is 4.17. The molecule has 1 aromatic carbocycles. The second-order valence-electron chi connectivity index (χ2n) is 11.4. The summed E-state index contributed by atoms with van der Waals surface area (Å²) in [5, 5.41) is 10.6. The van der Waals surface area contributed by atoms with E-state index in [0.29, 0.717) is 41.8 Å². The van der Waals surface area contributed by atoms with E-state index in [1.807, 2.05) is 26.8 Å². The third-order valence-corrected chi connectivity index (χ3v) is 7.94. The number of ether oxygens (including phenoxy) is 4. The van der Waals surface area contributed by atoms with Crippen molar-refractivity contribution in [3.05, 3.63) is 46.7 Å². The summed E-state index contributed by atoms with van der Waals surface area (Å²) in [4.78, 5) is 18.7. The van der Waals surface area contributed by atoms with E-state index in [-0.39, 0.29) is 41.5 Å². The van der Waals surface area contributed by atoms with Gasteiger partial charge in [0, 0.05) is 31.7 Å². The first-order valence-corrected chi connectivity index (χ1v) is 16.5. The monoisotopic (exact) mass is 748 g/mol. The van der Waals surface area contributed by atoms with Crippen molar-refractivity contribution >= 4 is 59.7 Å². The molecule has 2 fully saturated rings. The van der Waals surface area contributed by atoms with Crippen molar-refractivity contribution in [2.45, 2.75) is 71.2 Å². The van der Waals surface area contributed by atoms with Crippen LogP contribution in [0, 0.1) is 0 Å². The maximum absolute atomic E-state index is 5.93. The van der Waals surface area contributed by atoms with Gasteiger partial charge in [0.1, 0.15) is 0 Å². The lowest BCUT2D eigenvalue weighted by Crippen LogP contribution is -2.38. The van der Waals surface area contributed by atoms with E-state index < -0.39 is 0 Å². The van der Waals surface area contributed by atoms with Gasteiger partial charge in [-0.1, -0.05) is 6.07 Å². The van der Waals surface area contributed by atoms with Crippen LogP contribution in [0.3, 0.4) is 0 Å². The van der Waals surface area contributed by atoms with Crippen LogP contribution in [0.15, 0.2) is 30.6 Å². The van der Waals surface area contributed by atoms with Gasteiger partial charge in [-0.25, -0.2) is 9.97 Å². The third kappa shape index (κ3) is 12.9. The summed E-state index contributed by atoms with van der Waals surface area (Å²) < 4.78 is 22.2. The topological polar surface area (TPSA) is 128 Å². The van der Waals surface area contributed by atoms with Crippen molar-refractivity contribution < 1.29 is 18.9 Å². The van der Waals surface area contributed by atoms with Gasteiger partial charge >= 0.3 is 0 Å². The van der Waals surface area contributed by atoms with Crippen molar-refractivity contribution in [3.63, 3.8) is 0 Å². The highest BCUT2D eigenvalue weighted by Gasteiger charge is 2.22. The average Bonchev–Trinajstić information content (AvgIpc) is 3.04. The molecule has 4 heterocycles. The molecule has 48 heavy (non-hydrogen) atoms. The lowest BCUT2D eigenvalue weighted by Gasteiger charge is -2.33. The second kappa shape index (κ2) is 21.4. The zero-order valence-corrected chi connectivity index (χ0v) is 31.3. The number of benzene rings is 1. The number of hydrogen-bond acceptors (Lipinski definition) is 12. The van der Waals surface area contributed by atoms with Gasteiger partial charge in [-0.3, -0.25) is 4.90 Å². The van der Waals surface area contributed by atoms with Crippen molar-refractivity contribution in [3.8, 4) is 23.0 Å². The lowest BCUT2D eigenvalue weighted by molar-refractivity contribution is 0.209. The molecule has 2 saturated heterocycles. The molecule has 0 amide bonds. The quantitative estimate of drug-likeness (QED) is 0.174. The highest BCUT2D eigenvalue weighted by atomic mass is 35.5. The zero-order valence-electron chi connectivity index (χ0n) is 28.1. The van der Waals surface area contributed by atoms with E-state index in [1.54, 1.807) is 26.6 Å². The molecule has 268 valence electrons. The Morgan fingerprint density at radius 1 is 0.833 bits per heavy atom. The van der Waals surface area contributed by atoms with E-state index in [2.05, 4.69) is 52.9 Å². The minimum absolute atomic E-state index is 0. The molecule has 0 bridgehead atoms. The van der Waals surface area contributed by atoms with Gasteiger partial charge in [0.15, 0.2) is 34.6 Å². The zero-order chi connectivity index (χ0) is 32.9. The van der Waals surface area contributed by atoms with Crippen molar-refractivity contribution in [2.24, 2.45) is 0 Å². The Morgan fingerprint density at radius 2 is 1.38 bits per heavy atom. The van der Waals surface area contributed by atoms with Crippen LogP contribution in [0.25, 0.3) is 0 Å². The van der Waals surface area contributed by atoms with Gasteiger partial charge in [0.25, 0.3) is 0 Å². The van der Waals surface area contributed by atoms with Crippen LogP contribution in [0.5, 0.6) is 23.0 Å². The molecule has 3 aromatic rings. The number of piperidine rings is 2.